The van der Waals surface area contributed by atoms with Gasteiger partial charge in [0.15, 0.2) is 0 Å². The summed E-state index contributed by atoms with van der Waals surface area (Å²) in [4.78, 5) is 12.4. The number of likely N-dealkylation sites (tertiary alicyclic amines) is 1. The Morgan fingerprint density at radius 3 is 2.50 bits per heavy atom. The number of hydrogen-bond donors (Lipinski definition) is 1. The molecule has 2 rings (SSSR count). The van der Waals surface area contributed by atoms with Crippen molar-refractivity contribution in [2.75, 3.05) is 13.1 Å². The molecule has 1 heterocycles. The van der Waals surface area contributed by atoms with Crippen LogP contribution in [0.2, 0.25) is 10.0 Å². The molecule has 3 nitrogen and oxygen atoms in total. The van der Waals surface area contributed by atoms with Crippen molar-refractivity contribution in [3.8, 4) is 5.75 Å². The van der Waals surface area contributed by atoms with Gasteiger partial charge in [0, 0.05) is 19.2 Å². The summed E-state index contributed by atoms with van der Waals surface area (Å²) < 4.78 is 0. The Labute approximate surface area is 116 Å². The number of phenolic OH excluding ortho intramolecular Hbond substituents is 1. The van der Waals surface area contributed by atoms with E-state index >= 15 is 0 Å². The highest BCUT2D eigenvalue weighted by Crippen LogP contribution is 2.32. The second-order valence-corrected chi connectivity index (χ2v) is 5.50. The second kappa shape index (κ2) is 5.81. The van der Waals surface area contributed by atoms with Crippen molar-refractivity contribution < 1.29 is 9.90 Å². The maximum Gasteiger partial charge on any atom is 0.209 e. The maximum atomic E-state index is 10.6. The van der Waals surface area contributed by atoms with Crippen LogP contribution >= 0.6 is 23.2 Å². The molecule has 1 aromatic rings. The predicted molar refractivity (Wildman–Crippen MR) is 72.2 cm³/mol. The van der Waals surface area contributed by atoms with E-state index in [1.165, 1.54) is 6.07 Å². The van der Waals surface area contributed by atoms with Gasteiger partial charge in [0.1, 0.15) is 5.75 Å². The molecule has 0 saturated carbocycles. The molecule has 0 radical (unpaired) electrons. The number of piperidine rings is 1. The normalized spacial score (nSPS) is 16.9. The topological polar surface area (TPSA) is 40.5 Å². The van der Waals surface area contributed by atoms with Gasteiger partial charge in [-0.25, -0.2) is 0 Å². The summed E-state index contributed by atoms with van der Waals surface area (Å²) in [5.41, 5.74) is 0.828. The molecule has 0 bridgehead atoms. The highest BCUT2D eigenvalue weighted by molar-refractivity contribution is 6.42. The van der Waals surface area contributed by atoms with Crippen molar-refractivity contribution in [2.24, 2.45) is 5.92 Å². The smallest absolute Gasteiger partial charge is 0.209 e. The Balaban J connectivity index is 2.02. The van der Waals surface area contributed by atoms with E-state index in [9.17, 15) is 9.90 Å². The van der Waals surface area contributed by atoms with Crippen molar-refractivity contribution in [3.05, 3.63) is 27.7 Å². The number of phenols is 1. The fourth-order valence-electron chi connectivity index (χ4n) is 2.31. The summed E-state index contributed by atoms with van der Waals surface area (Å²) in [6.07, 6.45) is 3.58. The van der Waals surface area contributed by atoms with Gasteiger partial charge in [-0.2, -0.15) is 0 Å². The maximum absolute atomic E-state index is 10.6. The summed E-state index contributed by atoms with van der Waals surface area (Å²) in [7, 11) is 0. The van der Waals surface area contributed by atoms with Crippen LogP contribution < -0.4 is 0 Å². The third-order valence-corrected chi connectivity index (χ3v) is 4.15. The lowest BCUT2D eigenvalue weighted by Gasteiger charge is -2.29. The third kappa shape index (κ3) is 3.09. The number of benzene rings is 1. The molecule has 1 amide bonds. The largest absolute Gasteiger partial charge is 0.508 e. The molecule has 98 valence electrons. The van der Waals surface area contributed by atoms with Crippen molar-refractivity contribution in [2.45, 2.75) is 19.3 Å². The zero-order chi connectivity index (χ0) is 13.1. The minimum atomic E-state index is 0.196. The average molecular weight is 288 g/mol. The number of amides is 1. The first-order chi connectivity index (χ1) is 8.60. The lowest BCUT2D eigenvalue weighted by molar-refractivity contribution is -0.119. The van der Waals surface area contributed by atoms with E-state index in [1.54, 1.807) is 11.0 Å². The van der Waals surface area contributed by atoms with Crippen LogP contribution in [0.25, 0.3) is 0 Å². The fourth-order valence-corrected chi connectivity index (χ4v) is 2.66. The van der Waals surface area contributed by atoms with E-state index in [4.69, 9.17) is 23.2 Å². The molecule has 5 heteroatoms. The number of halogens is 2. The van der Waals surface area contributed by atoms with Crippen LogP contribution in [-0.2, 0) is 11.2 Å². The van der Waals surface area contributed by atoms with E-state index < -0.39 is 0 Å². The van der Waals surface area contributed by atoms with E-state index in [0.29, 0.717) is 16.0 Å². The molecular weight excluding hydrogens is 273 g/mol. The van der Waals surface area contributed by atoms with Gasteiger partial charge in [-0.3, -0.25) is 4.79 Å². The van der Waals surface area contributed by atoms with Gasteiger partial charge in [-0.05, 0) is 36.8 Å². The Bertz CT molecular complexity index is 443. The standard InChI is InChI=1S/C13H15Cl2NO2/c14-11-6-10(13(18)7-12(11)15)5-9-1-3-16(8-17)4-2-9/h6-9,18H,1-5H2. The van der Waals surface area contributed by atoms with Gasteiger partial charge >= 0.3 is 0 Å². The molecule has 0 aromatic heterocycles. The summed E-state index contributed by atoms with van der Waals surface area (Å²) in [6, 6.07) is 3.21. The van der Waals surface area contributed by atoms with Gasteiger partial charge in [0.25, 0.3) is 0 Å². The highest BCUT2D eigenvalue weighted by Gasteiger charge is 2.20. The van der Waals surface area contributed by atoms with Crippen molar-refractivity contribution in [1.82, 2.24) is 4.90 Å². The molecule has 1 aliphatic heterocycles. The Kier molecular flexibility index (Phi) is 4.36. The van der Waals surface area contributed by atoms with Gasteiger partial charge < -0.3 is 10.0 Å². The summed E-state index contributed by atoms with van der Waals surface area (Å²) in [6.45, 7) is 1.58. The monoisotopic (exact) mass is 287 g/mol. The van der Waals surface area contributed by atoms with Crippen LogP contribution in [0.5, 0.6) is 5.75 Å². The molecule has 0 atom stereocenters. The lowest BCUT2D eigenvalue weighted by atomic mass is 9.90. The molecule has 18 heavy (non-hydrogen) atoms. The summed E-state index contributed by atoms with van der Waals surface area (Å²) >= 11 is 11.8. The SMILES string of the molecule is O=CN1CCC(Cc2cc(Cl)c(Cl)cc2O)CC1. The van der Waals surface area contributed by atoms with Crippen LogP contribution in [0.4, 0.5) is 0 Å². The molecule has 1 saturated heterocycles. The molecule has 1 N–H and O–H groups in total. The number of carbonyl (C=O) groups excluding carboxylic acids is 1. The zero-order valence-corrected chi connectivity index (χ0v) is 11.4. The molecular formula is C13H15Cl2NO2. The first kappa shape index (κ1) is 13.5. The average Bonchev–Trinajstić information content (AvgIpc) is 2.37. The molecule has 0 spiro atoms. The van der Waals surface area contributed by atoms with Crippen LogP contribution in [-0.4, -0.2) is 29.5 Å². The fraction of sp³-hybridized carbons (Fsp3) is 0.462. The van der Waals surface area contributed by atoms with Crippen molar-refractivity contribution in [3.63, 3.8) is 0 Å². The Morgan fingerprint density at radius 2 is 1.89 bits per heavy atom. The number of aromatic hydroxyl groups is 1. The Morgan fingerprint density at radius 1 is 1.28 bits per heavy atom. The minimum absolute atomic E-state index is 0.196. The minimum Gasteiger partial charge on any atom is -0.508 e. The van der Waals surface area contributed by atoms with E-state index in [0.717, 1.165) is 44.3 Å². The lowest BCUT2D eigenvalue weighted by Crippen LogP contribution is -2.33. The van der Waals surface area contributed by atoms with Crippen LogP contribution in [0.15, 0.2) is 12.1 Å². The van der Waals surface area contributed by atoms with Gasteiger partial charge in [-0.1, -0.05) is 23.2 Å². The number of rotatable bonds is 3. The Hall–Kier alpha value is -0.930. The van der Waals surface area contributed by atoms with Gasteiger partial charge in [0.2, 0.25) is 6.41 Å². The van der Waals surface area contributed by atoms with Gasteiger partial charge in [0.05, 0.1) is 10.0 Å². The third-order valence-electron chi connectivity index (χ3n) is 3.43. The van der Waals surface area contributed by atoms with Crippen LogP contribution in [0.1, 0.15) is 18.4 Å². The first-order valence-electron chi connectivity index (χ1n) is 5.96. The molecule has 0 unspecified atom stereocenters. The summed E-state index contributed by atoms with van der Waals surface area (Å²) in [5.74, 6) is 0.673. The highest BCUT2D eigenvalue weighted by atomic mass is 35.5. The summed E-state index contributed by atoms with van der Waals surface area (Å²) in [5, 5.41) is 10.7. The molecule has 0 aliphatic carbocycles. The van der Waals surface area contributed by atoms with E-state index in [2.05, 4.69) is 0 Å². The van der Waals surface area contributed by atoms with E-state index in [-0.39, 0.29) is 5.75 Å². The van der Waals surface area contributed by atoms with E-state index in [1.807, 2.05) is 0 Å². The van der Waals surface area contributed by atoms with Crippen molar-refractivity contribution in [1.29, 1.82) is 0 Å². The van der Waals surface area contributed by atoms with Crippen LogP contribution in [0, 0.1) is 5.92 Å². The van der Waals surface area contributed by atoms with Gasteiger partial charge in [-0.15, -0.1) is 0 Å². The second-order valence-electron chi connectivity index (χ2n) is 4.68. The number of hydrogen-bond acceptors (Lipinski definition) is 2. The zero-order valence-electron chi connectivity index (χ0n) is 9.90. The molecule has 1 aliphatic rings. The quantitative estimate of drug-likeness (QED) is 0.868. The van der Waals surface area contributed by atoms with Crippen LogP contribution in [0.3, 0.4) is 0 Å². The molecule has 1 aromatic carbocycles. The first-order valence-corrected chi connectivity index (χ1v) is 6.72. The van der Waals surface area contributed by atoms with Crippen molar-refractivity contribution >= 4 is 29.6 Å². The molecule has 1 fully saturated rings. The number of nitrogens with zero attached hydrogens (tertiary/aromatic N) is 1. The predicted octanol–water partition coefficient (Wildman–Crippen LogP) is 3.11. The number of carbonyl (C=O) groups is 1.